The summed E-state index contributed by atoms with van der Waals surface area (Å²) in [6, 6.07) is 14.1. The van der Waals surface area contributed by atoms with Crippen LogP contribution >= 0.6 is 0 Å². The molecule has 4 rings (SSSR count). The standard InChI is InChI=1S/C30H39FN4O3/c1-22-9-11-23(12-10-22)27-19-26(24-7-5-6-8-25(24)31)32-35(27)29(37)21-34(28(36)20-30(2,3)4)14-13-33-15-17-38-18-16-33/h5-12,27H,13-21H2,1-4H3. The lowest BCUT2D eigenvalue weighted by molar-refractivity contribution is -0.142. The molecule has 0 radical (unpaired) electrons. The first-order valence-electron chi connectivity index (χ1n) is 13.4. The molecule has 0 saturated carbocycles. The second-order valence-electron chi connectivity index (χ2n) is 11.4. The van der Waals surface area contributed by atoms with Gasteiger partial charge in [-0.3, -0.25) is 14.5 Å². The average Bonchev–Trinajstić information content (AvgIpc) is 3.32. The van der Waals surface area contributed by atoms with Crippen molar-refractivity contribution < 1.29 is 18.7 Å². The number of benzene rings is 2. The molecule has 1 saturated heterocycles. The molecule has 0 N–H and O–H groups in total. The predicted molar refractivity (Wildman–Crippen MR) is 146 cm³/mol. The molecular formula is C30H39FN4O3. The van der Waals surface area contributed by atoms with Gasteiger partial charge in [0, 0.05) is 44.6 Å². The SMILES string of the molecule is Cc1ccc(C2CC(c3ccccc3F)=NN2C(=O)CN(CCN2CCOCC2)C(=O)CC(C)(C)C)cc1. The molecule has 2 aliphatic heterocycles. The van der Waals surface area contributed by atoms with E-state index in [4.69, 9.17) is 4.74 Å². The van der Waals surface area contributed by atoms with Gasteiger partial charge in [0.2, 0.25) is 5.91 Å². The summed E-state index contributed by atoms with van der Waals surface area (Å²) in [7, 11) is 0. The largest absolute Gasteiger partial charge is 0.379 e. The Kier molecular flexibility index (Phi) is 8.95. The number of halogens is 1. The van der Waals surface area contributed by atoms with Crippen LogP contribution in [-0.2, 0) is 14.3 Å². The van der Waals surface area contributed by atoms with Crippen molar-refractivity contribution >= 4 is 17.5 Å². The van der Waals surface area contributed by atoms with Gasteiger partial charge in [0.1, 0.15) is 12.4 Å². The third-order valence-electron chi connectivity index (χ3n) is 6.96. The van der Waals surface area contributed by atoms with Gasteiger partial charge in [-0.05, 0) is 24.0 Å². The van der Waals surface area contributed by atoms with E-state index in [0.29, 0.717) is 50.4 Å². The normalized spacial score (nSPS) is 18.4. The summed E-state index contributed by atoms with van der Waals surface area (Å²) < 4.78 is 20.1. The second kappa shape index (κ2) is 12.2. The number of hydrogen-bond acceptors (Lipinski definition) is 5. The Morgan fingerprint density at radius 1 is 1.08 bits per heavy atom. The van der Waals surface area contributed by atoms with E-state index in [2.05, 4.69) is 10.0 Å². The first-order valence-corrected chi connectivity index (χ1v) is 13.4. The monoisotopic (exact) mass is 522 g/mol. The van der Waals surface area contributed by atoms with Crippen molar-refractivity contribution in [1.29, 1.82) is 0 Å². The Labute approximate surface area is 225 Å². The lowest BCUT2D eigenvalue weighted by atomic mass is 9.91. The van der Waals surface area contributed by atoms with Crippen LogP contribution in [0.3, 0.4) is 0 Å². The van der Waals surface area contributed by atoms with E-state index in [-0.39, 0.29) is 35.6 Å². The quantitative estimate of drug-likeness (QED) is 0.515. The lowest BCUT2D eigenvalue weighted by Crippen LogP contribution is -2.47. The maximum atomic E-state index is 14.7. The van der Waals surface area contributed by atoms with Gasteiger partial charge in [-0.15, -0.1) is 0 Å². The van der Waals surface area contributed by atoms with E-state index >= 15 is 0 Å². The molecule has 0 aromatic heterocycles. The Hall–Kier alpha value is -3.10. The van der Waals surface area contributed by atoms with Crippen molar-refractivity contribution in [3.63, 3.8) is 0 Å². The van der Waals surface area contributed by atoms with E-state index in [1.165, 1.54) is 11.1 Å². The zero-order chi connectivity index (χ0) is 27.3. The molecule has 1 unspecified atom stereocenters. The number of ether oxygens (including phenoxy) is 1. The van der Waals surface area contributed by atoms with Crippen LogP contribution in [0.4, 0.5) is 4.39 Å². The molecular weight excluding hydrogens is 483 g/mol. The summed E-state index contributed by atoms with van der Waals surface area (Å²) in [6.45, 7) is 12.1. The minimum absolute atomic E-state index is 0.0523. The Bertz CT molecular complexity index is 1150. The van der Waals surface area contributed by atoms with Gasteiger partial charge in [0.15, 0.2) is 0 Å². The van der Waals surface area contributed by atoms with Crippen LogP contribution in [0.25, 0.3) is 0 Å². The molecule has 2 aromatic carbocycles. The van der Waals surface area contributed by atoms with E-state index in [0.717, 1.165) is 24.2 Å². The van der Waals surface area contributed by atoms with Crippen LogP contribution in [0.2, 0.25) is 0 Å². The van der Waals surface area contributed by atoms with Crippen molar-refractivity contribution in [2.45, 2.75) is 46.6 Å². The molecule has 0 spiro atoms. The van der Waals surface area contributed by atoms with Crippen molar-refractivity contribution in [2.24, 2.45) is 10.5 Å². The lowest BCUT2D eigenvalue weighted by Gasteiger charge is -2.32. The third kappa shape index (κ3) is 7.26. The van der Waals surface area contributed by atoms with Crippen molar-refractivity contribution in [3.05, 3.63) is 71.0 Å². The molecule has 2 amide bonds. The predicted octanol–water partition coefficient (Wildman–Crippen LogP) is 4.41. The maximum Gasteiger partial charge on any atom is 0.262 e. The Morgan fingerprint density at radius 2 is 1.76 bits per heavy atom. The summed E-state index contributed by atoms with van der Waals surface area (Å²) in [5.41, 5.74) is 2.77. The highest BCUT2D eigenvalue weighted by molar-refractivity contribution is 6.03. The zero-order valence-corrected chi connectivity index (χ0v) is 23.0. The number of morpholine rings is 1. The molecule has 2 aliphatic rings. The number of nitrogens with zero attached hydrogens (tertiary/aromatic N) is 4. The smallest absolute Gasteiger partial charge is 0.262 e. The van der Waals surface area contributed by atoms with Gasteiger partial charge >= 0.3 is 0 Å². The fourth-order valence-corrected chi connectivity index (χ4v) is 4.83. The number of hydrogen-bond donors (Lipinski definition) is 0. The van der Waals surface area contributed by atoms with Crippen molar-refractivity contribution in [2.75, 3.05) is 45.9 Å². The molecule has 38 heavy (non-hydrogen) atoms. The van der Waals surface area contributed by atoms with Crippen LogP contribution < -0.4 is 0 Å². The van der Waals surface area contributed by atoms with Gasteiger partial charge in [-0.2, -0.15) is 5.10 Å². The topological polar surface area (TPSA) is 65.5 Å². The van der Waals surface area contributed by atoms with Crippen LogP contribution in [-0.4, -0.2) is 78.3 Å². The van der Waals surface area contributed by atoms with E-state index in [1.807, 2.05) is 52.0 Å². The van der Waals surface area contributed by atoms with Gasteiger partial charge in [0.25, 0.3) is 5.91 Å². The first-order chi connectivity index (χ1) is 18.1. The number of carbonyl (C=O) groups is 2. The molecule has 1 fully saturated rings. The molecule has 0 bridgehead atoms. The van der Waals surface area contributed by atoms with Crippen molar-refractivity contribution in [1.82, 2.24) is 14.8 Å². The summed E-state index contributed by atoms with van der Waals surface area (Å²) >= 11 is 0. The van der Waals surface area contributed by atoms with Crippen LogP contribution in [0.5, 0.6) is 0 Å². The van der Waals surface area contributed by atoms with Gasteiger partial charge in [0.05, 0.1) is 25.0 Å². The molecule has 8 heteroatoms. The molecule has 2 aromatic rings. The minimum Gasteiger partial charge on any atom is -0.379 e. The number of hydrazone groups is 1. The van der Waals surface area contributed by atoms with Gasteiger partial charge in [-0.1, -0.05) is 68.8 Å². The summed E-state index contributed by atoms with van der Waals surface area (Å²) in [5, 5.41) is 6.09. The molecule has 2 heterocycles. The molecule has 1 atom stereocenters. The van der Waals surface area contributed by atoms with Crippen LogP contribution in [0, 0.1) is 18.2 Å². The van der Waals surface area contributed by atoms with Crippen molar-refractivity contribution in [3.8, 4) is 0 Å². The summed E-state index contributed by atoms with van der Waals surface area (Å²) in [6.07, 6.45) is 0.744. The number of carbonyl (C=O) groups excluding carboxylic acids is 2. The highest BCUT2D eigenvalue weighted by atomic mass is 19.1. The zero-order valence-electron chi connectivity index (χ0n) is 23.0. The highest BCUT2D eigenvalue weighted by Gasteiger charge is 2.35. The third-order valence-corrected chi connectivity index (χ3v) is 6.96. The first kappa shape index (κ1) is 27.9. The molecule has 7 nitrogen and oxygen atoms in total. The Balaban J connectivity index is 1.58. The highest BCUT2D eigenvalue weighted by Crippen LogP contribution is 2.34. The molecule has 0 aliphatic carbocycles. The fraction of sp³-hybridized carbons (Fsp3) is 0.500. The van der Waals surface area contributed by atoms with Gasteiger partial charge < -0.3 is 9.64 Å². The number of rotatable bonds is 8. The van der Waals surface area contributed by atoms with E-state index in [9.17, 15) is 14.0 Å². The number of amides is 2. The second-order valence-corrected chi connectivity index (χ2v) is 11.4. The minimum atomic E-state index is -0.365. The maximum absolute atomic E-state index is 14.7. The summed E-state index contributed by atoms with van der Waals surface area (Å²) in [4.78, 5) is 31.0. The van der Waals surface area contributed by atoms with Crippen LogP contribution in [0.1, 0.15) is 56.3 Å². The van der Waals surface area contributed by atoms with E-state index in [1.54, 1.807) is 23.1 Å². The van der Waals surface area contributed by atoms with Gasteiger partial charge in [-0.25, -0.2) is 9.40 Å². The Morgan fingerprint density at radius 3 is 2.42 bits per heavy atom. The van der Waals surface area contributed by atoms with E-state index < -0.39 is 0 Å². The number of aryl methyl sites for hydroxylation is 1. The van der Waals surface area contributed by atoms with Crippen LogP contribution in [0.15, 0.2) is 53.6 Å². The average molecular weight is 523 g/mol. The fourth-order valence-electron chi connectivity index (χ4n) is 4.83. The summed E-state index contributed by atoms with van der Waals surface area (Å²) in [5.74, 6) is -0.689. The molecule has 204 valence electrons.